The molecule has 0 spiro atoms. The van der Waals surface area contributed by atoms with Crippen molar-refractivity contribution >= 4 is 40.6 Å². The molecule has 4 unspecified atom stereocenters. The lowest BCUT2D eigenvalue weighted by atomic mass is 10.0. The fraction of sp³-hybridized carbons (Fsp3) is 0.345. The molecule has 0 bridgehead atoms. The van der Waals surface area contributed by atoms with Crippen LogP contribution in [0.3, 0.4) is 0 Å². The van der Waals surface area contributed by atoms with Gasteiger partial charge in [-0.25, -0.2) is 0 Å². The van der Waals surface area contributed by atoms with Crippen molar-refractivity contribution < 1.29 is 29.4 Å². The van der Waals surface area contributed by atoms with E-state index in [1.54, 1.807) is 18.3 Å². The van der Waals surface area contributed by atoms with Crippen LogP contribution in [-0.4, -0.2) is 75.6 Å². The van der Waals surface area contributed by atoms with E-state index in [-0.39, 0.29) is 37.5 Å². The van der Waals surface area contributed by atoms with Crippen LogP contribution >= 0.6 is 0 Å². The first-order valence-corrected chi connectivity index (χ1v) is 13.7. The summed E-state index contributed by atoms with van der Waals surface area (Å²) in [6.45, 7) is 1.59. The highest BCUT2D eigenvalue weighted by atomic mass is 16.4. The van der Waals surface area contributed by atoms with Gasteiger partial charge >= 0.3 is 5.97 Å². The van der Waals surface area contributed by atoms with E-state index in [0.29, 0.717) is 12.0 Å². The lowest BCUT2D eigenvalue weighted by Gasteiger charge is -2.25. The van der Waals surface area contributed by atoms with Gasteiger partial charge in [-0.05, 0) is 49.1 Å². The van der Waals surface area contributed by atoms with Gasteiger partial charge in [0.05, 0.1) is 6.04 Å². The van der Waals surface area contributed by atoms with Crippen LogP contribution in [-0.2, 0) is 32.0 Å². The van der Waals surface area contributed by atoms with Gasteiger partial charge < -0.3 is 48.3 Å². The van der Waals surface area contributed by atoms with Gasteiger partial charge in [-0.15, -0.1) is 0 Å². The van der Waals surface area contributed by atoms with Gasteiger partial charge in [-0.3, -0.25) is 24.2 Å². The number of hydrogen-bond donors (Lipinski definition) is 9. The molecule has 3 aromatic rings. The number of aliphatic carboxylic acids is 1. The van der Waals surface area contributed by atoms with Crippen molar-refractivity contribution in [2.24, 2.45) is 22.2 Å². The Kier molecular flexibility index (Phi) is 11.5. The molecule has 3 rings (SSSR count). The van der Waals surface area contributed by atoms with E-state index in [2.05, 4.69) is 25.9 Å². The molecule has 0 aliphatic rings. The average Bonchev–Trinajstić information content (AvgIpc) is 3.37. The minimum absolute atomic E-state index is 0.0194. The Morgan fingerprint density at radius 1 is 0.907 bits per heavy atom. The number of phenolic OH excluding ortho intramolecular Hbond substituents is 1. The molecule has 0 saturated carbocycles. The van der Waals surface area contributed by atoms with E-state index >= 15 is 0 Å². The highest BCUT2D eigenvalue weighted by Gasteiger charge is 2.30. The van der Waals surface area contributed by atoms with Gasteiger partial charge in [0.15, 0.2) is 5.96 Å². The number of nitrogens with one attached hydrogen (secondary N) is 4. The Labute approximate surface area is 248 Å². The maximum Gasteiger partial charge on any atom is 0.325 e. The van der Waals surface area contributed by atoms with E-state index < -0.39 is 47.9 Å². The lowest BCUT2D eigenvalue weighted by Crippen LogP contribution is -2.57. The van der Waals surface area contributed by atoms with Crippen molar-refractivity contribution in [3.8, 4) is 5.75 Å². The van der Waals surface area contributed by atoms with Crippen LogP contribution in [0, 0.1) is 0 Å². The summed E-state index contributed by atoms with van der Waals surface area (Å²) in [5.41, 5.74) is 18.9. The molecule has 0 saturated heterocycles. The topological polar surface area (TPSA) is 251 Å². The van der Waals surface area contributed by atoms with Gasteiger partial charge in [-0.1, -0.05) is 30.3 Å². The Morgan fingerprint density at radius 3 is 2.21 bits per heavy atom. The third-order valence-electron chi connectivity index (χ3n) is 6.77. The number of aliphatic imine (C=N–C) groups is 1. The fourth-order valence-electron chi connectivity index (χ4n) is 4.38. The summed E-state index contributed by atoms with van der Waals surface area (Å²) in [7, 11) is 0. The zero-order valence-electron chi connectivity index (χ0n) is 23.7. The number of nitrogens with zero attached hydrogens (tertiary/aromatic N) is 1. The van der Waals surface area contributed by atoms with Crippen LogP contribution in [0.4, 0.5) is 0 Å². The summed E-state index contributed by atoms with van der Waals surface area (Å²) < 4.78 is 0. The minimum atomic E-state index is -1.24. The normalized spacial score (nSPS) is 13.7. The number of para-hydroxylation sites is 1. The number of carbonyl (C=O) groups is 4. The standard InChI is InChI=1S/C29H38N8O6/c1-16(28(42)43)35-26(40)24(14-18-15-34-22-7-3-2-5-20(18)22)37-27(41)23(13-17-8-10-19(38)11-9-17)36-25(39)21(30)6-4-12-33-29(31)32/h2-3,5,7-11,15-16,21,23-24,34,38H,4,6,12-14,30H2,1H3,(H,35,40)(H,36,39)(H,37,41)(H,42,43)(H4,31,32,33). The number of aromatic amines is 1. The number of carboxylic acid groups (broad SMARTS) is 1. The summed E-state index contributed by atoms with van der Waals surface area (Å²) in [4.78, 5) is 58.3. The number of rotatable bonds is 15. The SMILES string of the molecule is CC(NC(=O)C(Cc1c[nH]c2ccccc12)NC(=O)C(Cc1ccc(O)cc1)NC(=O)C(N)CCCN=C(N)N)C(=O)O. The summed E-state index contributed by atoms with van der Waals surface area (Å²) in [6.07, 6.45) is 2.45. The molecule has 1 heterocycles. The van der Waals surface area contributed by atoms with Crippen LogP contribution in [0.25, 0.3) is 10.9 Å². The van der Waals surface area contributed by atoms with Crippen LogP contribution in [0.5, 0.6) is 5.75 Å². The lowest BCUT2D eigenvalue weighted by molar-refractivity contribution is -0.141. The van der Waals surface area contributed by atoms with E-state index in [4.69, 9.17) is 17.2 Å². The smallest absolute Gasteiger partial charge is 0.325 e. The summed E-state index contributed by atoms with van der Waals surface area (Å²) in [6, 6.07) is 8.99. The van der Waals surface area contributed by atoms with Crippen molar-refractivity contribution in [1.29, 1.82) is 0 Å². The number of benzene rings is 2. The Balaban J connectivity index is 1.83. The third-order valence-corrected chi connectivity index (χ3v) is 6.77. The highest BCUT2D eigenvalue weighted by molar-refractivity contribution is 5.95. The van der Waals surface area contributed by atoms with E-state index in [1.165, 1.54) is 19.1 Å². The second-order valence-corrected chi connectivity index (χ2v) is 10.2. The predicted octanol–water partition coefficient (Wildman–Crippen LogP) is -0.401. The number of H-pyrrole nitrogens is 1. The number of carboxylic acids is 1. The Bertz CT molecular complexity index is 1450. The van der Waals surface area contributed by atoms with Crippen molar-refractivity contribution in [1.82, 2.24) is 20.9 Å². The summed E-state index contributed by atoms with van der Waals surface area (Å²) >= 11 is 0. The molecule has 12 N–H and O–H groups in total. The molecule has 0 aliphatic carbocycles. The van der Waals surface area contributed by atoms with Crippen molar-refractivity contribution in [2.45, 2.75) is 56.8 Å². The van der Waals surface area contributed by atoms with Crippen molar-refractivity contribution in [2.75, 3.05) is 6.54 Å². The number of nitrogens with two attached hydrogens (primary N) is 3. The first-order chi connectivity index (χ1) is 20.4. The quantitative estimate of drug-likeness (QED) is 0.0629. The molecular weight excluding hydrogens is 556 g/mol. The molecule has 1 aromatic heterocycles. The maximum absolute atomic E-state index is 13.7. The van der Waals surface area contributed by atoms with Crippen molar-refractivity contribution in [3.63, 3.8) is 0 Å². The largest absolute Gasteiger partial charge is 0.508 e. The maximum atomic E-state index is 13.7. The van der Waals surface area contributed by atoms with Crippen LogP contribution in [0.1, 0.15) is 30.9 Å². The zero-order chi connectivity index (χ0) is 31.5. The average molecular weight is 595 g/mol. The predicted molar refractivity (Wildman–Crippen MR) is 161 cm³/mol. The molecule has 2 aromatic carbocycles. The molecule has 0 fully saturated rings. The number of aromatic hydroxyl groups is 1. The van der Waals surface area contributed by atoms with Gasteiger partial charge in [0.1, 0.15) is 23.9 Å². The number of phenols is 1. The van der Waals surface area contributed by atoms with Gasteiger partial charge in [0.25, 0.3) is 0 Å². The molecule has 14 heteroatoms. The van der Waals surface area contributed by atoms with Crippen molar-refractivity contribution in [3.05, 3.63) is 65.9 Å². The number of aromatic nitrogens is 1. The van der Waals surface area contributed by atoms with E-state index in [9.17, 15) is 29.4 Å². The monoisotopic (exact) mass is 594 g/mol. The first kappa shape index (κ1) is 32.4. The second-order valence-electron chi connectivity index (χ2n) is 10.2. The Hall–Kier alpha value is -5.11. The first-order valence-electron chi connectivity index (χ1n) is 13.7. The number of amides is 3. The van der Waals surface area contributed by atoms with Gasteiger partial charge in [0.2, 0.25) is 17.7 Å². The second kappa shape index (κ2) is 15.2. The number of guanidine groups is 1. The molecule has 43 heavy (non-hydrogen) atoms. The summed E-state index contributed by atoms with van der Waals surface area (Å²) in [5, 5.41) is 27.6. The minimum Gasteiger partial charge on any atom is -0.508 e. The molecular formula is C29H38N8O6. The third kappa shape index (κ3) is 9.74. The van der Waals surface area contributed by atoms with E-state index in [1.807, 2.05) is 24.3 Å². The molecule has 0 aliphatic heterocycles. The molecule has 3 amide bonds. The van der Waals surface area contributed by atoms with Crippen LogP contribution in [0.2, 0.25) is 0 Å². The number of hydrogen-bond acceptors (Lipinski definition) is 7. The Morgan fingerprint density at radius 2 is 1.53 bits per heavy atom. The van der Waals surface area contributed by atoms with Crippen LogP contribution in [0.15, 0.2) is 59.7 Å². The highest BCUT2D eigenvalue weighted by Crippen LogP contribution is 2.19. The van der Waals surface area contributed by atoms with E-state index in [0.717, 1.165) is 16.5 Å². The zero-order valence-corrected chi connectivity index (χ0v) is 23.7. The summed E-state index contributed by atoms with van der Waals surface area (Å²) in [5.74, 6) is -3.28. The number of carbonyl (C=O) groups excluding carboxylic acids is 3. The van der Waals surface area contributed by atoms with Gasteiger partial charge in [-0.2, -0.15) is 0 Å². The molecule has 4 atom stereocenters. The molecule has 0 radical (unpaired) electrons. The fourth-order valence-corrected chi connectivity index (χ4v) is 4.38. The molecule has 14 nitrogen and oxygen atoms in total. The van der Waals surface area contributed by atoms with Gasteiger partial charge in [0, 0.05) is 36.5 Å². The molecule has 230 valence electrons. The van der Waals surface area contributed by atoms with Crippen LogP contribution < -0.4 is 33.2 Å². The number of fused-ring (bicyclic) bond motifs is 1.